The SMILES string of the molecule is Cc1cnn(C(C)C(=O)Nc2cccc(-n3nnnc3C)c2)c1. The molecule has 23 heavy (non-hydrogen) atoms. The van der Waals surface area contributed by atoms with Gasteiger partial charge in [-0.3, -0.25) is 9.48 Å². The van der Waals surface area contributed by atoms with Crippen LogP contribution in [-0.4, -0.2) is 35.9 Å². The lowest BCUT2D eigenvalue weighted by Crippen LogP contribution is -2.24. The van der Waals surface area contributed by atoms with E-state index in [0.717, 1.165) is 11.3 Å². The highest BCUT2D eigenvalue weighted by Gasteiger charge is 2.16. The van der Waals surface area contributed by atoms with Crippen LogP contribution in [0.3, 0.4) is 0 Å². The van der Waals surface area contributed by atoms with Crippen molar-refractivity contribution in [3.8, 4) is 5.69 Å². The number of tetrazole rings is 1. The zero-order chi connectivity index (χ0) is 16.4. The normalized spacial score (nSPS) is 12.1. The maximum atomic E-state index is 12.4. The van der Waals surface area contributed by atoms with Gasteiger partial charge in [-0.1, -0.05) is 6.07 Å². The standard InChI is InChI=1S/C15H17N7O/c1-10-8-16-21(9-10)11(2)15(23)17-13-5-4-6-14(7-13)22-12(3)18-19-20-22/h4-9,11H,1-3H3,(H,17,23). The van der Waals surface area contributed by atoms with Crippen molar-refractivity contribution in [1.82, 2.24) is 30.0 Å². The maximum Gasteiger partial charge on any atom is 0.248 e. The van der Waals surface area contributed by atoms with Gasteiger partial charge >= 0.3 is 0 Å². The van der Waals surface area contributed by atoms with Crippen molar-refractivity contribution in [2.75, 3.05) is 5.32 Å². The van der Waals surface area contributed by atoms with Crippen LogP contribution in [0.5, 0.6) is 0 Å². The fourth-order valence-electron chi connectivity index (χ4n) is 2.20. The molecule has 1 N–H and O–H groups in total. The average Bonchev–Trinajstić information content (AvgIpc) is 3.15. The van der Waals surface area contributed by atoms with Crippen LogP contribution in [0, 0.1) is 13.8 Å². The van der Waals surface area contributed by atoms with E-state index in [0.29, 0.717) is 11.5 Å². The van der Waals surface area contributed by atoms with E-state index in [2.05, 4.69) is 25.9 Å². The van der Waals surface area contributed by atoms with Crippen molar-refractivity contribution < 1.29 is 4.79 Å². The summed E-state index contributed by atoms with van der Waals surface area (Å²) < 4.78 is 3.25. The van der Waals surface area contributed by atoms with Crippen LogP contribution in [0.2, 0.25) is 0 Å². The second kappa shape index (κ2) is 5.99. The predicted octanol–water partition coefficient (Wildman–Crippen LogP) is 1.68. The lowest BCUT2D eigenvalue weighted by Gasteiger charge is -2.13. The van der Waals surface area contributed by atoms with Crippen molar-refractivity contribution in [2.45, 2.75) is 26.8 Å². The van der Waals surface area contributed by atoms with Crippen molar-refractivity contribution in [3.05, 3.63) is 48.0 Å². The summed E-state index contributed by atoms with van der Waals surface area (Å²) in [6.07, 6.45) is 3.57. The van der Waals surface area contributed by atoms with Crippen molar-refractivity contribution in [3.63, 3.8) is 0 Å². The first-order valence-corrected chi connectivity index (χ1v) is 7.21. The van der Waals surface area contributed by atoms with Gasteiger partial charge in [0, 0.05) is 11.9 Å². The van der Waals surface area contributed by atoms with Crippen molar-refractivity contribution in [2.24, 2.45) is 0 Å². The van der Waals surface area contributed by atoms with E-state index in [1.165, 1.54) is 0 Å². The fourth-order valence-corrected chi connectivity index (χ4v) is 2.20. The molecule has 2 heterocycles. The second-order valence-electron chi connectivity index (χ2n) is 5.35. The third kappa shape index (κ3) is 3.10. The molecule has 0 bridgehead atoms. The molecule has 3 aromatic rings. The van der Waals surface area contributed by atoms with E-state index in [-0.39, 0.29) is 5.91 Å². The third-order valence-corrected chi connectivity index (χ3v) is 3.49. The van der Waals surface area contributed by atoms with Crippen molar-refractivity contribution in [1.29, 1.82) is 0 Å². The van der Waals surface area contributed by atoms with E-state index in [1.54, 1.807) is 22.5 Å². The van der Waals surface area contributed by atoms with E-state index in [1.807, 2.05) is 44.3 Å². The quantitative estimate of drug-likeness (QED) is 0.791. The van der Waals surface area contributed by atoms with E-state index in [9.17, 15) is 4.79 Å². The van der Waals surface area contributed by atoms with Gasteiger partial charge in [0.05, 0.1) is 11.9 Å². The number of aryl methyl sites for hydroxylation is 2. The average molecular weight is 311 g/mol. The molecule has 3 rings (SSSR count). The molecule has 8 heteroatoms. The minimum atomic E-state index is -0.401. The summed E-state index contributed by atoms with van der Waals surface area (Å²) in [7, 11) is 0. The zero-order valence-electron chi connectivity index (χ0n) is 13.1. The highest BCUT2D eigenvalue weighted by atomic mass is 16.2. The van der Waals surface area contributed by atoms with E-state index < -0.39 is 6.04 Å². The molecular formula is C15H17N7O. The molecule has 1 amide bonds. The summed E-state index contributed by atoms with van der Waals surface area (Å²) in [5.74, 6) is 0.535. The van der Waals surface area contributed by atoms with Gasteiger partial charge in [0.15, 0.2) is 5.82 Å². The molecule has 8 nitrogen and oxygen atoms in total. The minimum absolute atomic E-state index is 0.140. The maximum absolute atomic E-state index is 12.4. The van der Waals surface area contributed by atoms with Gasteiger partial charge in [-0.15, -0.1) is 5.10 Å². The number of anilines is 1. The third-order valence-electron chi connectivity index (χ3n) is 3.49. The molecular weight excluding hydrogens is 294 g/mol. The predicted molar refractivity (Wildman–Crippen MR) is 84.2 cm³/mol. The lowest BCUT2D eigenvalue weighted by molar-refractivity contribution is -0.119. The molecule has 0 aliphatic rings. The first-order chi connectivity index (χ1) is 11.0. The van der Waals surface area contributed by atoms with Gasteiger partial charge in [-0.25, -0.2) is 0 Å². The summed E-state index contributed by atoms with van der Waals surface area (Å²) in [6, 6.07) is 6.96. The number of hydrogen-bond donors (Lipinski definition) is 1. The number of nitrogens with one attached hydrogen (secondary N) is 1. The summed E-state index contributed by atoms with van der Waals surface area (Å²) in [6.45, 7) is 5.55. The van der Waals surface area contributed by atoms with Crippen LogP contribution in [0.15, 0.2) is 36.7 Å². The van der Waals surface area contributed by atoms with Gasteiger partial charge in [-0.2, -0.15) is 9.78 Å². The molecule has 1 unspecified atom stereocenters. The zero-order valence-corrected chi connectivity index (χ0v) is 13.1. The molecule has 0 saturated heterocycles. The summed E-state index contributed by atoms with van der Waals surface area (Å²) >= 11 is 0. The Hall–Kier alpha value is -3.03. The topological polar surface area (TPSA) is 90.5 Å². The second-order valence-corrected chi connectivity index (χ2v) is 5.35. The minimum Gasteiger partial charge on any atom is -0.324 e. The molecule has 1 aromatic carbocycles. The fraction of sp³-hybridized carbons (Fsp3) is 0.267. The number of carbonyl (C=O) groups excluding carboxylic acids is 1. The molecule has 0 saturated carbocycles. The Kier molecular flexibility index (Phi) is 3.88. The number of aromatic nitrogens is 6. The number of carbonyl (C=O) groups is 1. The van der Waals surface area contributed by atoms with Crippen LogP contribution in [0.4, 0.5) is 5.69 Å². The van der Waals surface area contributed by atoms with Gasteiger partial charge in [0.1, 0.15) is 6.04 Å². The highest BCUT2D eigenvalue weighted by molar-refractivity contribution is 5.93. The number of nitrogens with zero attached hydrogens (tertiary/aromatic N) is 6. The van der Waals surface area contributed by atoms with Gasteiger partial charge in [-0.05, 0) is 55.0 Å². The Morgan fingerprint density at radius 2 is 2.13 bits per heavy atom. The number of amides is 1. The lowest BCUT2D eigenvalue weighted by atomic mass is 10.2. The largest absolute Gasteiger partial charge is 0.324 e. The number of rotatable bonds is 4. The molecule has 118 valence electrons. The van der Waals surface area contributed by atoms with Gasteiger partial charge in [0.2, 0.25) is 5.91 Å². The number of benzene rings is 1. The summed E-state index contributed by atoms with van der Waals surface area (Å²) in [5.41, 5.74) is 2.48. The van der Waals surface area contributed by atoms with Gasteiger partial charge < -0.3 is 5.32 Å². The van der Waals surface area contributed by atoms with Gasteiger partial charge in [0.25, 0.3) is 0 Å². The first kappa shape index (κ1) is 14.9. The Morgan fingerprint density at radius 3 is 2.78 bits per heavy atom. The van der Waals surface area contributed by atoms with E-state index >= 15 is 0 Å². The van der Waals surface area contributed by atoms with Crippen LogP contribution in [-0.2, 0) is 4.79 Å². The van der Waals surface area contributed by atoms with Crippen molar-refractivity contribution >= 4 is 11.6 Å². The molecule has 0 radical (unpaired) electrons. The monoisotopic (exact) mass is 311 g/mol. The molecule has 0 aliphatic heterocycles. The number of hydrogen-bond acceptors (Lipinski definition) is 5. The molecule has 0 fully saturated rings. The molecule has 1 atom stereocenters. The molecule has 2 aromatic heterocycles. The molecule has 0 spiro atoms. The van der Waals surface area contributed by atoms with Crippen LogP contribution in [0.25, 0.3) is 5.69 Å². The Morgan fingerprint density at radius 1 is 1.30 bits per heavy atom. The Labute approximate surface area is 133 Å². The first-order valence-electron chi connectivity index (χ1n) is 7.21. The summed E-state index contributed by atoms with van der Waals surface area (Å²) in [4.78, 5) is 12.4. The molecule has 0 aliphatic carbocycles. The smallest absolute Gasteiger partial charge is 0.248 e. The van der Waals surface area contributed by atoms with Crippen LogP contribution >= 0.6 is 0 Å². The van der Waals surface area contributed by atoms with Crippen LogP contribution < -0.4 is 5.32 Å². The van der Waals surface area contributed by atoms with E-state index in [4.69, 9.17) is 0 Å². The summed E-state index contributed by atoms with van der Waals surface area (Å²) in [5, 5.41) is 18.5. The highest BCUT2D eigenvalue weighted by Crippen LogP contribution is 2.16. The van der Waals surface area contributed by atoms with Crippen LogP contribution in [0.1, 0.15) is 24.4 Å². The Balaban J connectivity index is 1.78. The Bertz CT molecular complexity index is 836.